The number of benzene rings is 2. The number of ether oxygens (including phenoxy) is 1. The summed E-state index contributed by atoms with van der Waals surface area (Å²) in [5, 5.41) is 6.76. The summed E-state index contributed by atoms with van der Waals surface area (Å²) < 4.78 is 5.10. The first-order chi connectivity index (χ1) is 15.0. The van der Waals surface area contributed by atoms with Crippen molar-refractivity contribution in [3.05, 3.63) is 64.7 Å². The number of fused-ring (bicyclic) bond motifs is 4. The first-order valence-electron chi connectivity index (χ1n) is 10.2. The third-order valence-electron chi connectivity index (χ3n) is 6.59. The molecule has 31 heavy (non-hydrogen) atoms. The van der Waals surface area contributed by atoms with Crippen LogP contribution >= 0.6 is 11.6 Å². The van der Waals surface area contributed by atoms with Gasteiger partial charge < -0.3 is 10.1 Å². The molecule has 2 saturated heterocycles. The van der Waals surface area contributed by atoms with Gasteiger partial charge in [0.2, 0.25) is 17.7 Å². The molecule has 1 spiro atoms. The minimum absolute atomic E-state index is 0.166. The molecular weight excluding hydrogens is 418 g/mol. The van der Waals surface area contributed by atoms with E-state index in [0.29, 0.717) is 22.7 Å². The Kier molecular flexibility index (Phi) is 4.84. The number of hydrogen-bond donors (Lipinski definition) is 2. The molecule has 2 N–H and O–H groups in total. The van der Waals surface area contributed by atoms with Crippen LogP contribution < -0.4 is 10.6 Å². The number of methoxy groups -OCH3 is 1. The first kappa shape index (κ1) is 20.2. The highest BCUT2D eigenvalue weighted by molar-refractivity contribution is 6.31. The second-order valence-electron chi connectivity index (χ2n) is 8.22. The second-order valence-corrected chi connectivity index (χ2v) is 8.65. The molecule has 0 radical (unpaired) electrons. The molecular formula is C23H22ClN3O4. The molecule has 160 valence electrons. The van der Waals surface area contributed by atoms with Crippen LogP contribution in [0.4, 0.5) is 5.69 Å². The van der Waals surface area contributed by atoms with Gasteiger partial charge in [-0.05, 0) is 30.2 Å². The van der Waals surface area contributed by atoms with Crippen molar-refractivity contribution >= 4 is 35.0 Å². The van der Waals surface area contributed by atoms with Gasteiger partial charge in [0.15, 0.2) is 0 Å². The van der Waals surface area contributed by atoms with Gasteiger partial charge in [0.05, 0.1) is 25.0 Å². The lowest BCUT2D eigenvalue weighted by Crippen LogP contribution is -2.53. The Morgan fingerprint density at radius 3 is 2.61 bits per heavy atom. The molecule has 0 aromatic heterocycles. The predicted molar refractivity (Wildman–Crippen MR) is 114 cm³/mol. The monoisotopic (exact) mass is 439 g/mol. The van der Waals surface area contributed by atoms with Gasteiger partial charge in [0.1, 0.15) is 5.54 Å². The predicted octanol–water partition coefficient (Wildman–Crippen LogP) is 1.95. The third kappa shape index (κ3) is 2.91. The van der Waals surface area contributed by atoms with E-state index in [4.69, 9.17) is 16.3 Å². The minimum atomic E-state index is -1.33. The number of amides is 3. The molecule has 2 aromatic rings. The van der Waals surface area contributed by atoms with Gasteiger partial charge in [-0.1, -0.05) is 41.9 Å². The summed E-state index contributed by atoms with van der Waals surface area (Å²) in [6, 6.07) is 14.5. The van der Waals surface area contributed by atoms with Crippen molar-refractivity contribution in [3.8, 4) is 0 Å². The highest BCUT2D eigenvalue weighted by Crippen LogP contribution is 2.53. The zero-order valence-electron chi connectivity index (χ0n) is 16.9. The summed E-state index contributed by atoms with van der Waals surface area (Å²) in [6.45, 7) is 0.411. The highest BCUT2D eigenvalue weighted by Gasteiger charge is 2.70. The van der Waals surface area contributed by atoms with Crippen molar-refractivity contribution in [1.29, 1.82) is 0 Å². The van der Waals surface area contributed by atoms with Crippen molar-refractivity contribution in [2.45, 2.75) is 18.0 Å². The lowest BCUT2D eigenvalue weighted by atomic mass is 9.76. The van der Waals surface area contributed by atoms with Crippen LogP contribution in [0.3, 0.4) is 0 Å². The van der Waals surface area contributed by atoms with E-state index in [-0.39, 0.29) is 36.9 Å². The Balaban J connectivity index is 1.62. The lowest BCUT2D eigenvalue weighted by molar-refractivity contribution is -0.143. The molecule has 3 amide bonds. The summed E-state index contributed by atoms with van der Waals surface area (Å²) >= 11 is 6.26. The van der Waals surface area contributed by atoms with Crippen molar-refractivity contribution in [3.63, 3.8) is 0 Å². The van der Waals surface area contributed by atoms with Crippen molar-refractivity contribution < 1.29 is 19.1 Å². The van der Waals surface area contributed by atoms with Crippen LogP contribution in [0.5, 0.6) is 0 Å². The molecule has 0 bridgehead atoms. The SMILES string of the molecule is COCCN1C(=O)[C@@H]2[C@H](Cc3ccccc3)N[C@]3(C(=O)Nc4ccc(Cl)cc43)[C@@H]2C1=O. The molecule has 4 atom stereocenters. The molecule has 3 aliphatic heterocycles. The number of rotatable bonds is 5. The Labute approximate surface area is 184 Å². The van der Waals surface area contributed by atoms with E-state index in [1.165, 1.54) is 12.0 Å². The number of likely N-dealkylation sites (tertiary alicyclic amines) is 1. The number of imide groups is 1. The van der Waals surface area contributed by atoms with Crippen LogP contribution in [0.2, 0.25) is 5.02 Å². The maximum absolute atomic E-state index is 13.5. The molecule has 0 saturated carbocycles. The van der Waals surface area contributed by atoms with Crippen LogP contribution in [0.25, 0.3) is 0 Å². The topological polar surface area (TPSA) is 87.7 Å². The Bertz CT molecular complexity index is 1080. The summed E-state index contributed by atoms with van der Waals surface area (Å²) in [6.07, 6.45) is 0.518. The molecule has 8 heteroatoms. The van der Waals surface area contributed by atoms with Crippen LogP contribution in [-0.2, 0) is 31.1 Å². The van der Waals surface area contributed by atoms with Gasteiger partial charge in [0, 0.05) is 29.4 Å². The van der Waals surface area contributed by atoms with E-state index >= 15 is 0 Å². The molecule has 0 unspecified atom stereocenters. The lowest BCUT2D eigenvalue weighted by Gasteiger charge is -2.29. The molecule has 7 nitrogen and oxygen atoms in total. The highest BCUT2D eigenvalue weighted by atomic mass is 35.5. The average Bonchev–Trinajstić information content (AvgIpc) is 3.33. The Morgan fingerprint density at radius 2 is 1.87 bits per heavy atom. The van der Waals surface area contributed by atoms with E-state index in [0.717, 1.165) is 5.56 Å². The van der Waals surface area contributed by atoms with Gasteiger partial charge in [-0.3, -0.25) is 24.6 Å². The molecule has 5 rings (SSSR count). The molecule has 2 aromatic carbocycles. The fourth-order valence-electron chi connectivity index (χ4n) is 5.28. The van der Waals surface area contributed by atoms with Gasteiger partial charge >= 0.3 is 0 Å². The molecule has 3 aliphatic rings. The number of nitrogens with one attached hydrogen (secondary N) is 2. The smallest absolute Gasteiger partial charge is 0.250 e. The standard InChI is InChI=1S/C23H22ClN3O4/c1-31-10-9-27-20(28)18-17(11-13-5-3-2-4-6-13)26-23(19(18)21(27)29)15-12-14(24)7-8-16(15)25-22(23)30/h2-8,12,17-19,26H,9-11H2,1H3,(H,25,30)/t17-,18+,19-,23-/m0/s1. The molecule has 0 aliphatic carbocycles. The maximum Gasteiger partial charge on any atom is 0.250 e. The van der Waals surface area contributed by atoms with E-state index in [1.807, 2.05) is 30.3 Å². The van der Waals surface area contributed by atoms with Crippen molar-refractivity contribution in [2.75, 3.05) is 25.6 Å². The summed E-state index contributed by atoms with van der Waals surface area (Å²) in [5.74, 6) is -2.44. The number of halogens is 1. The summed E-state index contributed by atoms with van der Waals surface area (Å²) in [4.78, 5) is 41.5. The average molecular weight is 440 g/mol. The van der Waals surface area contributed by atoms with Gasteiger partial charge in [-0.2, -0.15) is 0 Å². The second kappa shape index (κ2) is 7.44. The molecule has 3 heterocycles. The number of anilines is 1. The number of hydrogen-bond acceptors (Lipinski definition) is 5. The zero-order valence-corrected chi connectivity index (χ0v) is 17.7. The first-order valence-corrected chi connectivity index (χ1v) is 10.6. The Morgan fingerprint density at radius 1 is 1.10 bits per heavy atom. The van der Waals surface area contributed by atoms with Crippen LogP contribution in [-0.4, -0.2) is 48.9 Å². The van der Waals surface area contributed by atoms with E-state index in [9.17, 15) is 14.4 Å². The maximum atomic E-state index is 13.5. The van der Waals surface area contributed by atoms with E-state index in [2.05, 4.69) is 10.6 Å². The van der Waals surface area contributed by atoms with Crippen molar-refractivity contribution in [1.82, 2.24) is 10.2 Å². The number of carbonyl (C=O) groups is 3. The Hall–Kier alpha value is -2.74. The fraction of sp³-hybridized carbons (Fsp3) is 0.348. The van der Waals surface area contributed by atoms with Crippen molar-refractivity contribution in [2.24, 2.45) is 11.8 Å². The number of nitrogens with zero attached hydrogens (tertiary/aromatic N) is 1. The van der Waals surface area contributed by atoms with E-state index in [1.54, 1.807) is 18.2 Å². The summed E-state index contributed by atoms with van der Waals surface area (Å²) in [7, 11) is 1.52. The molecule has 2 fully saturated rings. The third-order valence-corrected chi connectivity index (χ3v) is 6.82. The van der Waals surface area contributed by atoms with Gasteiger partial charge in [-0.15, -0.1) is 0 Å². The fourth-order valence-corrected chi connectivity index (χ4v) is 5.45. The van der Waals surface area contributed by atoms with Gasteiger partial charge in [0.25, 0.3) is 0 Å². The number of carbonyl (C=O) groups excluding carboxylic acids is 3. The quantitative estimate of drug-likeness (QED) is 0.695. The normalized spacial score (nSPS) is 28.9. The van der Waals surface area contributed by atoms with Crippen LogP contribution in [0.1, 0.15) is 11.1 Å². The van der Waals surface area contributed by atoms with Gasteiger partial charge in [-0.25, -0.2) is 0 Å². The van der Waals surface area contributed by atoms with Crippen LogP contribution in [0.15, 0.2) is 48.5 Å². The summed E-state index contributed by atoms with van der Waals surface area (Å²) in [5.41, 5.74) is 0.914. The van der Waals surface area contributed by atoms with Crippen LogP contribution in [0, 0.1) is 11.8 Å². The zero-order chi connectivity index (χ0) is 21.8. The minimum Gasteiger partial charge on any atom is -0.383 e. The van der Waals surface area contributed by atoms with E-state index < -0.39 is 17.4 Å². The largest absolute Gasteiger partial charge is 0.383 e.